The number of halogens is 26. The molecule has 0 aliphatic heterocycles. The predicted octanol–water partition coefficient (Wildman–Crippen LogP) is 12.6. The van der Waals surface area contributed by atoms with Crippen LogP contribution in [0.4, 0.5) is 114 Å². The lowest BCUT2D eigenvalue weighted by Crippen LogP contribution is -2.75. The standard InChI is InChI=1S/C31H34F26O6/c1-9-13-19(8,21(35,15(33)59)25(41,42)43)63-29(52,53)23(37,27(47,48)49)18(7,12-4)62-31(56,57)30(54,55)61-17(6,11-3)22(36,26(44,45)46)28(50,51)60-16(5,10-2)20(34,14(32)58)24(38,39)40/h9-13H2,1-8H3. The van der Waals surface area contributed by atoms with Gasteiger partial charge in [0.05, 0.1) is 0 Å². The number of alkyl halides is 24. The lowest BCUT2D eigenvalue weighted by atomic mass is 9.79. The zero-order chi connectivity index (χ0) is 51.5. The number of carbonyl (C=O) groups excluding carboxylic acids is 2. The summed E-state index contributed by atoms with van der Waals surface area (Å²) in [5, 5.41) is 0. The monoisotopic (exact) mass is 996 g/mol. The number of rotatable bonds is 22. The highest BCUT2D eigenvalue weighted by Gasteiger charge is 2.88. The molecule has 8 unspecified atom stereocenters. The van der Waals surface area contributed by atoms with E-state index in [1.807, 2.05) is 0 Å². The summed E-state index contributed by atoms with van der Waals surface area (Å²) in [6, 6.07) is -8.72. The third kappa shape index (κ3) is 9.24. The van der Waals surface area contributed by atoms with E-state index in [9.17, 15) is 75.4 Å². The van der Waals surface area contributed by atoms with Gasteiger partial charge in [-0.2, -0.15) is 96.6 Å². The second-order valence-electron chi connectivity index (χ2n) is 14.4. The Bertz CT molecular complexity index is 1630. The Morgan fingerprint density at radius 1 is 0.349 bits per heavy atom. The minimum absolute atomic E-state index is 0.0361. The number of hydrogen-bond acceptors (Lipinski definition) is 6. The third-order valence-corrected chi connectivity index (χ3v) is 10.3. The summed E-state index contributed by atoms with van der Waals surface area (Å²) < 4.78 is 393. The molecule has 6 nitrogen and oxygen atoms in total. The molecule has 0 aromatic heterocycles. The maximum absolute atomic E-state index is 16.2. The topological polar surface area (TPSA) is 71.1 Å². The van der Waals surface area contributed by atoms with Crippen LogP contribution in [-0.4, -0.2) is 106 Å². The van der Waals surface area contributed by atoms with Crippen molar-refractivity contribution < 1.29 is 143 Å². The lowest BCUT2D eigenvalue weighted by Gasteiger charge is -2.51. The number of ether oxygens (including phenoxy) is 4. The first kappa shape index (κ1) is 60.4. The highest BCUT2D eigenvalue weighted by atomic mass is 19.4. The predicted molar refractivity (Wildman–Crippen MR) is 155 cm³/mol. The van der Waals surface area contributed by atoms with Crippen LogP contribution in [0.1, 0.15) is 87.5 Å². The van der Waals surface area contributed by atoms with Crippen LogP contribution in [0.25, 0.3) is 0 Å². The molecular weight excluding hydrogens is 962 g/mol. The Labute approximate surface area is 337 Å². The van der Waals surface area contributed by atoms with E-state index < -0.39 is 166 Å². The van der Waals surface area contributed by atoms with Crippen LogP contribution in [-0.2, 0) is 28.5 Å². The van der Waals surface area contributed by atoms with E-state index in [0.717, 1.165) is 0 Å². The van der Waals surface area contributed by atoms with Crippen molar-refractivity contribution in [3.63, 3.8) is 0 Å². The Morgan fingerprint density at radius 3 is 0.762 bits per heavy atom. The van der Waals surface area contributed by atoms with Crippen molar-refractivity contribution in [2.75, 3.05) is 0 Å². The highest BCUT2D eigenvalue weighted by molar-refractivity contribution is 5.82. The first-order valence-corrected chi connectivity index (χ1v) is 16.9. The van der Waals surface area contributed by atoms with Gasteiger partial charge in [0.15, 0.2) is 0 Å². The molecule has 0 amide bonds. The van der Waals surface area contributed by atoms with Gasteiger partial charge < -0.3 is 18.9 Å². The first-order chi connectivity index (χ1) is 27.2. The zero-order valence-electron chi connectivity index (χ0n) is 32.8. The summed E-state index contributed by atoms with van der Waals surface area (Å²) in [7, 11) is 0. The summed E-state index contributed by atoms with van der Waals surface area (Å²) in [5.74, 6) is 0. The summed E-state index contributed by atoms with van der Waals surface area (Å²) in [6.07, 6.45) is -70.7. The van der Waals surface area contributed by atoms with E-state index in [1.54, 1.807) is 0 Å². The van der Waals surface area contributed by atoms with Crippen molar-refractivity contribution in [2.24, 2.45) is 0 Å². The van der Waals surface area contributed by atoms with Crippen molar-refractivity contribution in [1.29, 1.82) is 0 Å². The summed E-state index contributed by atoms with van der Waals surface area (Å²) in [5.41, 5.74) is -49.4. The molecule has 0 bridgehead atoms. The Hall–Kier alpha value is -2.64. The molecule has 376 valence electrons. The van der Waals surface area contributed by atoms with Crippen molar-refractivity contribution in [1.82, 2.24) is 0 Å². The van der Waals surface area contributed by atoms with Crippen LogP contribution >= 0.6 is 0 Å². The molecule has 0 fully saturated rings. The van der Waals surface area contributed by atoms with Gasteiger partial charge in [0.2, 0.25) is 0 Å². The molecule has 0 heterocycles. The molecule has 0 N–H and O–H groups in total. The molecule has 0 rings (SSSR count). The van der Waals surface area contributed by atoms with Crippen molar-refractivity contribution >= 4 is 12.1 Å². The van der Waals surface area contributed by atoms with Gasteiger partial charge >= 0.3 is 83.9 Å². The average molecular weight is 997 g/mol. The Kier molecular flexibility index (Phi) is 16.5. The molecule has 0 aromatic rings. The normalized spacial score (nSPS) is 22.3. The molecule has 8 atom stereocenters. The van der Waals surface area contributed by atoms with E-state index in [2.05, 4.69) is 18.9 Å². The molecule has 63 heavy (non-hydrogen) atoms. The SMILES string of the molecule is CCCC(C)(OC(F)(F)C(F)(C(F)(F)F)C(C)(CC)OC(F)(F)C(F)(F)OC(C)(CC)C(F)(C(F)(F)F)C(F)(F)OC(C)(CC)C(F)(C(=O)F)C(F)(F)F)C(F)(C(=O)F)C(F)(F)F. The maximum atomic E-state index is 16.2. The second kappa shape index (κ2) is 17.2. The van der Waals surface area contributed by atoms with Crippen LogP contribution < -0.4 is 0 Å². The van der Waals surface area contributed by atoms with Gasteiger partial charge in [0.25, 0.3) is 0 Å². The van der Waals surface area contributed by atoms with E-state index >= 15 is 48.3 Å². The molecule has 0 radical (unpaired) electrons. The van der Waals surface area contributed by atoms with Crippen molar-refractivity contribution in [3.8, 4) is 0 Å². The van der Waals surface area contributed by atoms with Gasteiger partial charge in [-0.3, -0.25) is 9.59 Å². The van der Waals surface area contributed by atoms with Gasteiger partial charge in [-0.25, -0.2) is 17.6 Å². The van der Waals surface area contributed by atoms with E-state index in [1.165, 1.54) is 0 Å². The van der Waals surface area contributed by atoms with Crippen LogP contribution in [0.5, 0.6) is 0 Å². The minimum atomic E-state index is -7.76. The molecule has 0 saturated heterocycles. The fourth-order valence-electron chi connectivity index (χ4n) is 6.10. The van der Waals surface area contributed by atoms with Crippen LogP contribution in [0, 0.1) is 0 Å². The zero-order valence-corrected chi connectivity index (χ0v) is 32.8. The molecule has 0 aliphatic rings. The number of hydrogen-bond donors (Lipinski definition) is 0. The van der Waals surface area contributed by atoms with Crippen LogP contribution in [0.2, 0.25) is 0 Å². The largest absolute Gasteiger partial charge is 0.448 e. The van der Waals surface area contributed by atoms with Crippen LogP contribution in [0.3, 0.4) is 0 Å². The van der Waals surface area contributed by atoms with E-state index in [-0.39, 0.29) is 20.8 Å². The van der Waals surface area contributed by atoms with Crippen LogP contribution in [0.15, 0.2) is 0 Å². The summed E-state index contributed by atoms with van der Waals surface area (Å²) >= 11 is 0. The molecule has 0 spiro atoms. The van der Waals surface area contributed by atoms with Gasteiger partial charge in [-0.15, -0.1) is 0 Å². The fraction of sp³-hybridized carbons (Fsp3) is 0.935. The quantitative estimate of drug-likeness (QED) is 0.0795. The molecule has 0 aliphatic carbocycles. The smallest absolute Gasteiger partial charge is 0.307 e. The van der Waals surface area contributed by atoms with Crippen molar-refractivity contribution in [3.05, 3.63) is 0 Å². The van der Waals surface area contributed by atoms with Gasteiger partial charge in [0, 0.05) is 0 Å². The molecular formula is C31H34F26O6. The Morgan fingerprint density at radius 2 is 0.571 bits per heavy atom. The third-order valence-electron chi connectivity index (χ3n) is 10.3. The highest BCUT2D eigenvalue weighted by Crippen LogP contribution is 2.63. The molecule has 0 aromatic carbocycles. The fourth-order valence-corrected chi connectivity index (χ4v) is 6.10. The number of carbonyl (C=O) groups is 2. The van der Waals surface area contributed by atoms with E-state index in [0.29, 0.717) is 6.92 Å². The van der Waals surface area contributed by atoms with Gasteiger partial charge in [-0.1, -0.05) is 34.1 Å². The van der Waals surface area contributed by atoms with Crippen molar-refractivity contribution in [2.45, 2.75) is 182 Å². The molecule has 32 heteroatoms. The average Bonchev–Trinajstić information content (AvgIpc) is 3.06. The minimum Gasteiger partial charge on any atom is -0.307 e. The molecule has 0 saturated carbocycles. The first-order valence-electron chi connectivity index (χ1n) is 16.9. The van der Waals surface area contributed by atoms with Gasteiger partial charge in [0.1, 0.15) is 22.4 Å². The Balaban J connectivity index is 8.06. The van der Waals surface area contributed by atoms with E-state index in [4.69, 9.17) is 0 Å². The maximum Gasteiger partial charge on any atom is 0.448 e. The second-order valence-corrected chi connectivity index (χ2v) is 14.4. The summed E-state index contributed by atoms with van der Waals surface area (Å²) in [6.45, 7) is -3.33. The van der Waals surface area contributed by atoms with Gasteiger partial charge in [-0.05, 0) is 53.4 Å². The summed E-state index contributed by atoms with van der Waals surface area (Å²) in [4.78, 5) is 22.3. The lowest BCUT2D eigenvalue weighted by molar-refractivity contribution is -0.520.